The molecule has 0 aliphatic carbocycles. The first-order chi connectivity index (χ1) is 15.0. The molecule has 0 saturated heterocycles. The van der Waals surface area contributed by atoms with Crippen molar-refractivity contribution in [3.05, 3.63) is 95.2 Å². The van der Waals surface area contributed by atoms with Crippen LogP contribution in [0.25, 0.3) is 10.9 Å². The van der Waals surface area contributed by atoms with Gasteiger partial charge in [-0.1, -0.05) is 18.2 Å². The van der Waals surface area contributed by atoms with Gasteiger partial charge in [0.2, 0.25) is 5.52 Å². The quantitative estimate of drug-likeness (QED) is 0.514. The van der Waals surface area contributed by atoms with E-state index in [2.05, 4.69) is 16.4 Å². The number of hydrogen-bond acceptors (Lipinski definition) is 4. The van der Waals surface area contributed by atoms with Crippen LogP contribution in [-0.2, 0) is 6.61 Å². The SMILES string of the molecule is Cc1cc(N)c2cc(NC(=O)c3ccccc3COc3ccc(C#N)cc3)ccc2[nH+]1. The lowest BCUT2D eigenvalue weighted by atomic mass is 10.1. The topological polar surface area (TPSA) is 102 Å². The highest BCUT2D eigenvalue weighted by Crippen LogP contribution is 2.23. The Morgan fingerprint density at radius 1 is 1.10 bits per heavy atom. The van der Waals surface area contributed by atoms with Crippen LogP contribution in [0.5, 0.6) is 5.75 Å². The number of ether oxygens (including phenoxy) is 1. The number of carbonyl (C=O) groups is 1. The molecule has 6 heteroatoms. The fourth-order valence-corrected chi connectivity index (χ4v) is 3.38. The summed E-state index contributed by atoms with van der Waals surface area (Å²) in [7, 11) is 0. The van der Waals surface area contributed by atoms with Crippen LogP contribution < -0.4 is 20.8 Å². The summed E-state index contributed by atoms with van der Waals surface area (Å²) in [5.41, 5.74) is 11.2. The number of H-pyrrole nitrogens is 1. The summed E-state index contributed by atoms with van der Waals surface area (Å²) >= 11 is 0. The molecule has 1 aromatic heterocycles. The van der Waals surface area contributed by atoms with Crippen molar-refractivity contribution in [1.29, 1.82) is 5.26 Å². The molecule has 0 fully saturated rings. The molecule has 0 atom stereocenters. The number of anilines is 2. The van der Waals surface area contributed by atoms with E-state index in [4.69, 9.17) is 15.7 Å². The van der Waals surface area contributed by atoms with Gasteiger partial charge in [-0.25, -0.2) is 4.98 Å². The minimum atomic E-state index is -0.229. The molecule has 0 aliphatic heterocycles. The first-order valence-corrected chi connectivity index (χ1v) is 9.78. The number of aryl methyl sites for hydroxylation is 1. The molecular formula is C25H21N4O2+. The number of nitrogens with one attached hydrogen (secondary N) is 2. The molecular weight excluding hydrogens is 388 g/mol. The van der Waals surface area contributed by atoms with Gasteiger partial charge in [0.05, 0.1) is 22.7 Å². The number of pyridine rings is 1. The Morgan fingerprint density at radius 2 is 1.87 bits per heavy atom. The molecule has 0 unspecified atom stereocenters. The molecule has 152 valence electrons. The number of nitrogens with two attached hydrogens (primary N) is 1. The largest absolute Gasteiger partial charge is 0.489 e. The number of nitriles is 1. The molecule has 4 aromatic rings. The summed E-state index contributed by atoms with van der Waals surface area (Å²) in [6.07, 6.45) is 0. The van der Waals surface area contributed by atoms with E-state index in [0.29, 0.717) is 28.3 Å². The second-order valence-corrected chi connectivity index (χ2v) is 7.20. The Kier molecular flexibility index (Phi) is 5.50. The predicted octanol–water partition coefficient (Wildman–Crippen LogP) is 4.25. The van der Waals surface area contributed by atoms with Crippen molar-refractivity contribution in [1.82, 2.24) is 0 Å². The normalized spacial score (nSPS) is 10.5. The molecule has 0 spiro atoms. The predicted molar refractivity (Wildman–Crippen MR) is 120 cm³/mol. The smallest absolute Gasteiger partial charge is 0.256 e. The van der Waals surface area contributed by atoms with Crippen molar-refractivity contribution >= 4 is 28.2 Å². The number of rotatable bonds is 5. The summed E-state index contributed by atoms with van der Waals surface area (Å²) in [6, 6.07) is 23.7. The van der Waals surface area contributed by atoms with Crippen molar-refractivity contribution in [3.63, 3.8) is 0 Å². The molecule has 0 saturated carbocycles. The lowest BCUT2D eigenvalue weighted by Gasteiger charge is -2.12. The first kappa shape index (κ1) is 19.9. The molecule has 0 radical (unpaired) electrons. The monoisotopic (exact) mass is 409 g/mol. The van der Waals surface area contributed by atoms with Crippen molar-refractivity contribution in [2.75, 3.05) is 11.1 Å². The highest BCUT2D eigenvalue weighted by atomic mass is 16.5. The van der Waals surface area contributed by atoms with E-state index < -0.39 is 0 Å². The molecule has 6 nitrogen and oxygen atoms in total. The zero-order valence-electron chi connectivity index (χ0n) is 17.0. The van der Waals surface area contributed by atoms with Crippen LogP contribution in [0.15, 0.2) is 72.8 Å². The number of fused-ring (bicyclic) bond motifs is 1. The van der Waals surface area contributed by atoms with Gasteiger partial charge in [0, 0.05) is 35.9 Å². The summed E-state index contributed by atoms with van der Waals surface area (Å²) in [5, 5.41) is 12.7. The third-order valence-electron chi connectivity index (χ3n) is 4.93. The van der Waals surface area contributed by atoms with E-state index in [1.165, 1.54) is 0 Å². The van der Waals surface area contributed by atoms with Gasteiger partial charge in [-0.3, -0.25) is 4.79 Å². The minimum Gasteiger partial charge on any atom is -0.489 e. The van der Waals surface area contributed by atoms with Crippen molar-refractivity contribution in [2.45, 2.75) is 13.5 Å². The fourth-order valence-electron chi connectivity index (χ4n) is 3.38. The number of nitrogens with zero attached hydrogens (tertiary/aromatic N) is 1. The van der Waals surface area contributed by atoms with Crippen molar-refractivity contribution in [3.8, 4) is 11.8 Å². The molecule has 4 rings (SSSR count). The zero-order valence-corrected chi connectivity index (χ0v) is 17.0. The number of amides is 1. The van der Waals surface area contributed by atoms with E-state index in [9.17, 15) is 4.79 Å². The molecule has 0 bridgehead atoms. The van der Waals surface area contributed by atoms with Crippen LogP contribution in [0.2, 0.25) is 0 Å². The Balaban J connectivity index is 1.52. The number of aromatic amines is 1. The number of hydrogen-bond donors (Lipinski definition) is 2. The van der Waals surface area contributed by atoms with E-state index in [1.807, 2.05) is 49.4 Å². The summed E-state index contributed by atoms with van der Waals surface area (Å²) in [5.74, 6) is 0.402. The molecule has 1 amide bonds. The third kappa shape index (κ3) is 4.46. The van der Waals surface area contributed by atoms with Gasteiger partial charge in [-0.05, 0) is 42.5 Å². The standard InChI is InChI=1S/C25H20N4O2/c1-16-12-23(27)22-13-19(8-11-24(22)28-16)29-25(30)21-5-3-2-4-18(21)15-31-20-9-6-17(14-26)7-10-20/h2-13H,15H2,1H3,(H2,27,28)(H,29,30)/p+1. The van der Waals surface area contributed by atoms with Crippen LogP contribution in [0.3, 0.4) is 0 Å². The van der Waals surface area contributed by atoms with Gasteiger partial charge in [-0.15, -0.1) is 0 Å². The van der Waals surface area contributed by atoms with Gasteiger partial charge in [-0.2, -0.15) is 5.26 Å². The van der Waals surface area contributed by atoms with E-state index in [0.717, 1.165) is 22.2 Å². The van der Waals surface area contributed by atoms with Gasteiger partial charge >= 0.3 is 0 Å². The summed E-state index contributed by atoms with van der Waals surface area (Å²) < 4.78 is 5.81. The second kappa shape index (κ2) is 8.56. The van der Waals surface area contributed by atoms with Gasteiger partial charge in [0.25, 0.3) is 5.91 Å². The molecule has 3 aromatic carbocycles. The van der Waals surface area contributed by atoms with Crippen LogP contribution >= 0.6 is 0 Å². The van der Waals surface area contributed by atoms with Gasteiger partial charge in [0.1, 0.15) is 12.4 Å². The zero-order chi connectivity index (χ0) is 21.8. The Bertz CT molecular complexity index is 1310. The maximum absolute atomic E-state index is 13.0. The van der Waals surface area contributed by atoms with Crippen LogP contribution in [-0.4, -0.2) is 5.91 Å². The number of nitrogen functional groups attached to an aromatic ring is 1. The van der Waals surface area contributed by atoms with Crippen molar-refractivity contribution < 1.29 is 14.5 Å². The van der Waals surface area contributed by atoms with Crippen LogP contribution in [0, 0.1) is 18.3 Å². The Hall–Kier alpha value is -4.37. The molecule has 4 N–H and O–H groups in total. The van der Waals surface area contributed by atoms with E-state index in [1.54, 1.807) is 30.3 Å². The third-order valence-corrected chi connectivity index (χ3v) is 4.93. The molecule has 0 aliphatic rings. The van der Waals surface area contributed by atoms with Crippen molar-refractivity contribution in [2.24, 2.45) is 0 Å². The van der Waals surface area contributed by atoms with Gasteiger partial charge in [0.15, 0.2) is 5.69 Å². The number of benzene rings is 3. The fraction of sp³-hybridized carbons (Fsp3) is 0.0800. The minimum absolute atomic E-state index is 0.229. The average molecular weight is 409 g/mol. The lowest BCUT2D eigenvalue weighted by Crippen LogP contribution is -2.16. The maximum atomic E-state index is 13.0. The second-order valence-electron chi connectivity index (χ2n) is 7.20. The highest BCUT2D eigenvalue weighted by molar-refractivity contribution is 6.06. The maximum Gasteiger partial charge on any atom is 0.256 e. The van der Waals surface area contributed by atoms with Crippen LogP contribution in [0.4, 0.5) is 11.4 Å². The Labute approximate surface area is 179 Å². The highest BCUT2D eigenvalue weighted by Gasteiger charge is 2.14. The van der Waals surface area contributed by atoms with Crippen LogP contribution in [0.1, 0.15) is 27.2 Å². The Morgan fingerprint density at radius 3 is 2.65 bits per heavy atom. The number of carbonyl (C=O) groups excluding carboxylic acids is 1. The molecule has 1 heterocycles. The average Bonchev–Trinajstić information content (AvgIpc) is 2.78. The van der Waals surface area contributed by atoms with Gasteiger partial charge < -0.3 is 15.8 Å². The molecule has 31 heavy (non-hydrogen) atoms. The first-order valence-electron chi connectivity index (χ1n) is 9.78. The summed E-state index contributed by atoms with van der Waals surface area (Å²) in [4.78, 5) is 16.2. The summed E-state index contributed by atoms with van der Waals surface area (Å²) in [6.45, 7) is 2.18. The lowest BCUT2D eigenvalue weighted by molar-refractivity contribution is -0.354. The van der Waals surface area contributed by atoms with E-state index in [-0.39, 0.29) is 12.5 Å². The number of aromatic nitrogens is 1. The van der Waals surface area contributed by atoms with E-state index >= 15 is 0 Å².